The monoisotopic (exact) mass is 404 g/mol. The Labute approximate surface area is 166 Å². The maximum Gasteiger partial charge on any atom is 0.256 e. The van der Waals surface area contributed by atoms with Gasteiger partial charge in [0.2, 0.25) is 10.0 Å². The van der Waals surface area contributed by atoms with Gasteiger partial charge in [-0.2, -0.15) is 9.40 Å². The number of hydrogen-bond donors (Lipinski definition) is 1. The van der Waals surface area contributed by atoms with E-state index in [0.29, 0.717) is 30.4 Å². The fraction of sp³-hybridized carbons (Fsp3) is 0.500. The van der Waals surface area contributed by atoms with E-state index in [1.807, 2.05) is 6.92 Å². The molecular formula is C20H28N4O3S. The largest absolute Gasteiger partial charge is 0.307 e. The third-order valence-corrected chi connectivity index (χ3v) is 7.33. The van der Waals surface area contributed by atoms with Crippen molar-refractivity contribution >= 4 is 21.7 Å². The van der Waals surface area contributed by atoms with Crippen LogP contribution in [-0.2, 0) is 10.0 Å². The summed E-state index contributed by atoms with van der Waals surface area (Å²) in [6.07, 6.45) is 4.30. The number of nitrogens with zero attached hydrogens (tertiary/aromatic N) is 3. The Bertz CT molecular complexity index is 913. The highest BCUT2D eigenvalue weighted by Crippen LogP contribution is 2.24. The van der Waals surface area contributed by atoms with Crippen molar-refractivity contribution in [2.75, 3.05) is 18.4 Å². The van der Waals surface area contributed by atoms with Gasteiger partial charge in [0.05, 0.1) is 17.1 Å². The molecule has 1 N–H and O–H groups in total. The van der Waals surface area contributed by atoms with Gasteiger partial charge in [-0.15, -0.1) is 0 Å². The number of hydrogen-bond acceptors (Lipinski definition) is 4. The van der Waals surface area contributed by atoms with Crippen molar-refractivity contribution < 1.29 is 13.2 Å². The summed E-state index contributed by atoms with van der Waals surface area (Å²) in [5, 5.41) is 7.10. The zero-order valence-corrected chi connectivity index (χ0v) is 17.4. The summed E-state index contributed by atoms with van der Waals surface area (Å²) in [4.78, 5) is 12.8. The molecule has 2 aromatic rings. The summed E-state index contributed by atoms with van der Waals surface area (Å²) in [5.74, 6) is 0.890. The average molecular weight is 405 g/mol. The summed E-state index contributed by atoms with van der Waals surface area (Å²) < 4.78 is 28.9. The molecule has 0 aliphatic carbocycles. The lowest BCUT2D eigenvalue weighted by Gasteiger charge is -2.29. The van der Waals surface area contributed by atoms with Gasteiger partial charge in [0, 0.05) is 24.7 Å². The Morgan fingerprint density at radius 1 is 1.21 bits per heavy atom. The maximum atomic E-state index is 12.8. The first-order valence-electron chi connectivity index (χ1n) is 9.78. The second-order valence-electron chi connectivity index (χ2n) is 7.48. The van der Waals surface area contributed by atoms with Gasteiger partial charge in [-0.05, 0) is 56.4 Å². The first kappa shape index (κ1) is 20.5. The molecule has 0 spiro atoms. The third kappa shape index (κ3) is 4.28. The van der Waals surface area contributed by atoms with Crippen molar-refractivity contribution in [3.8, 4) is 0 Å². The summed E-state index contributed by atoms with van der Waals surface area (Å²) in [7, 11) is -3.51. The van der Waals surface area contributed by atoms with Crippen LogP contribution in [0, 0.1) is 5.92 Å². The number of anilines is 1. The molecule has 1 saturated heterocycles. The van der Waals surface area contributed by atoms with Gasteiger partial charge in [-0.25, -0.2) is 13.1 Å². The molecule has 7 nitrogen and oxygen atoms in total. The van der Waals surface area contributed by atoms with E-state index in [4.69, 9.17) is 0 Å². The van der Waals surface area contributed by atoms with Gasteiger partial charge in [0.1, 0.15) is 5.82 Å². The van der Waals surface area contributed by atoms with Crippen molar-refractivity contribution in [3.63, 3.8) is 0 Å². The van der Waals surface area contributed by atoms with Gasteiger partial charge in [0.15, 0.2) is 0 Å². The SMILES string of the molecule is CCC(C)n1nccc1NC(=O)c1ccc(S(=O)(=O)N2CCC(C)CC2)cc1. The van der Waals surface area contributed by atoms with E-state index in [9.17, 15) is 13.2 Å². The van der Waals surface area contributed by atoms with E-state index in [0.717, 1.165) is 19.3 Å². The van der Waals surface area contributed by atoms with Gasteiger partial charge in [-0.3, -0.25) is 4.79 Å². The van der Waals surface area contributed by atoms with E-state index < -0.39 is 10.0 Å². The van der Waals surface area contributed by atoms with Crippen molar-refractivity contribution in [1.29, 1.82) is 0 Å². The first-order valence-corrected chi connectivity index (χ1v) is 11.2. The Hall–Kier alpha value is -2.19. The highest BCUT2D eigenvalue weighted by Gasteiger charge is 2.28. The molecule has 0 radical (unpaired) electrons. The highest BCUT2D eigenvalue weighted by atomic mass is 32.2. The van der Waals surface area contributed by atoms with Crippen LogP contribution < -0.4 is 5.32 Å². The third-order valence-electron chi connectivity index (χ3n) is 5.42. The van der Waals surface area contributed by atoms with Crippen LogP contribution in [-0.4, -0.2) is 41.5 Å². The van der Waals surface area contributed by atoms with Crippen molar-refractivity contribution in [2.24, 2.45) is 5.92 Å². The molecular weight excluding hydrogens is 376 g/mol. The summed E-state index contributed by atoms with van der Waals surface area (Å²) >= 11 is 0. The number of piperidine rings is 1. The molecule has 8 heteroatoms. The fourth-order valence-electron chi connectivity index (χ4n) is 3.28. The minimum atomic E-state index is -3.51. The van der Waals surface area contributed by atoms with Crippen LogP contribution in [0.15, 0.2) is 41.4 Å². The number of carbonyl (C=O) groups is 1. The van der Waals surface area contributed by atoms with Crippen LogP contribution in [0.3, 0.4) is 0 Å². The molecule has 0 saturated carbocycles. The Kier molecular flexibility index (Phi) is 6.20. The van der Waals surface area contributed by atoms with Crippen molar-refractivity contribution in [3.05, 3.63) is 42.1 Å². The van der Waals surface area contributed by atoms with Crippen LogP contribution in [0.5, 0.6) is 0 Å². The summed E-state index contributed by atoms with van der Waals surface area (Å²) in [6, 6.07) is 8.05. The number of aromatic nitrogens is 2. The van der Waals surface area contributed by atoms with Gasteiger partial charge in [-0.1, -0.05) is 13.8 Å². The predicted molar refractivity (Wildman–Crippen MR) is 109 cm³/mol. The Balaban J connectivity index is 1.72. The maximum absolute atomic E-state index is 12.8. The average Bonchev–Trinajstić information content (AvgIpc) is 3.16. The second-order valence-corrected chi connectivity index (χ2v) is 9.42. The van der Waals surface area contributed by atoms with Crippen LogP contribution in [0.25, 0.3) is 0 Å². The summed E-state index contributed by atoms with van der Waals surface area (Å²) in [6.45, 7) is 7.32. The summed E-state index contributed by atoms with van der Waals surface area (Å²) in [5.41, 5.74) is 0.406. The molecule has 28 heavy (non-hydrogen) atoms. The highest BCUT2D eigenvalue weighted by molar-refractivity contribution is 7.89. The molecule has 1 unspecified atom stereocenters. The van der Waals surface area contributed by atoms with E-state index in [1.54, 1.807) is 29.1 Å². The number of sulfonamides is 1. The van der Waals surface area contributed by atoms with Crippen LogP contribution in [0.1, 0.15) is 56.4 Å². The second kappa shape index (κ2) is 8.45. The molecule has 0 bridgehead atoms. The number of nitrogens with one attached hydrogen (secondary N) is 1. The number of benzene rings is 1. The fourth-order valence-corrected chi connectivity index (χ4v) is 4.75. The lowest BCUT2D eigenvalue weighted by Crippen LogP contribution is -2.37. The number of amides is 1. The van der Waals surface area contributed by atoms with Crippen LogP contribution in [0.4, 0.5) is 5.82 Å². The molecule has 1 aliphatic heterocycles. The topological polar surface area (TPSA) is 84.3 Å². The minimum Gasteiger partial charge on any atom is -0.307 e. The molecule has 1 aromatic heterocycles. The smallest absolute Gasteiger partial charge is 0.256 e. The van der Waals surface area contributed by atoms with Crippen LogP contribution >= 0.6 is 0 Å². The Morgan fingerprint density at radius 2 is 1.86 bits per heavy atom. The standard InChI is InChI=1S/C20H28N4O3S/c1-4-16(3)24-19(9-12-21-24)22-20(25)17-5-7-18(8-6-17)28(26,27)23-13-10-15(2)11-14-23/h5-9,12,15-16H,4,10-11,13-14H2,1-3H3,(H,22,25). The first-order chi connectivity index (χ1) is 13.3. The van der Waals surface area contributed by atoms with E-state index in [1.165, 1.54) is 16.4 Å². The lowest BCUT2D eigenvalue weighted by molar-refractivity contribution is 0.102. The van der Waals surface area contributed by atoms with Gasteiger partial charge in [0.25, 0.3) is 5.91 Å². The molecule has 3 rings (SSSR count). The lowest BCUT2D eigenvalue weighted by atomic mass is 10.0. The molecule has 1 fully saturated rings. The molecule has 1 amide bonds. The molecule has 1 aliphatic rings. The zero-order chi connectivity index (χ0) is 20.3. The minimum absolute atomic E-state index is 0.171. The number of rotatable bonds is 6. The van der Waals surface area contributed by atoms with E-state index >= 15 is 0 Å². The van der Waals surface area contributed by atoms with E-state index in [2.05, 4.69) is 24.3 Å². The molecule has 2 heterocycles. The molecule has 1 aromatic carbocycles. The quantitative estimate of drug-likeness (QED) is 0.798. The normalized spacial score (nSPS) is 17.4. The molecule has 1 atom stereocenters. The number of carbonyl (C=O) groups excluding carboxylic acids is 1. The van der Waals surface area contributed by atoms with Gasteiger partial charge < -0.3 is 5.32 Å². The van der Waals surface area contributed by atoms with E-state index in [-0.39, 0.29) is 16.8 Å². The van der Waals surface area contributed by atoms with Crippen molar-refractivity contribution in [2.45, 2.75) is 51.0 Å². The Morgan fingerprint density at radius 3 is 2.46 bits per heavy atom. The van der Waals surface area contributed by atoms with Crippen LogP contribution in [0.2, 0.25) is 0 Å². The predicted octanol–water partition coefficient (Wildman–Crippen LogP) is 3.53. The van der Waals surface area contributed by atoms with Crippen molar-refractivity contribution in [1.82, 2.24) is 14.1 Å². The van der Waals surface area contributed by atoms with Gasteiger partial charge >= 0.3 is 0 Å². The molecule has 152 valence electrons. The zero-order valence-electron chi connectivity index (χ0n) is 16.6.